The molecule has 0 aromatic carbocycles. The quantitative estimate of drug-likeness (QED) is 0.820. The first kappa shape index (κ1) is 16.2. The lowest BCUT2D eigenvalue weighted by atomic mass is 9.99. The van der Waals surface area contributed by atoms with E-state index in [1.54, 1.807) is 6.92 Å². The smallest absolute Gasteiger partial charge is 0.314 e. The van der Waals surface area contributed by atoms with E-state index in [0.717, 1.165) is 13.0 Å². The molecule has 0 bridgehead atoms. The fraction of sp³-hybridized carbons (Fsp3) is 0.917. The van der Waals surface area contributed by atoms with E-state index in [4.69, 9.17) is 11.0 Å². The Morgan fingerprint density at radius 3 is 2.16 bits per heavy atom. The summed E-state index contributed by atoms with van der Waals surface area (Å²) in [7, 11) is 0. The molecule has 1 fully saturated rings. The molecule has 7 heteroatoms. The van der Waals surface area contributed by atoms with E-state index in [9.17, 15) is 13.2 Å². The maximum Gasteiger partial charge on any atom is 0.401 e. The highest BCUT2D eigenvalue weighted by Crippen LogP contribution is 2.17. The first-order chi connectivity index (χ1) is 8.72. The van der Waals surface area contributed by atoms with Crippen LogP contribution in [0.4, 0.5) is 13.2 Å². The SMILES string of the molecule is CC(N)(C#N)CCCN1CCN(CC(F)(F)F)CC1. The van der Waals surface area contributed by atoms with E-state index in [-0.39, 0.29) is 0 Å². The molecule has 4 nitrogen and oxygen atoms in total. The summed E-state index contributed by atoms with van der Waals surface area (Å²) in [5.74, 6) is 0. The predicted molar refractivity (Wildman–Crippen MR) is 66.4 cm³/mol. The maximum atomic E-state index is 12.2. The van der Waals surface area contributed by atoms with Gasteiger partial charge in [0.15, 0.2) is 0 Å². The van der Waals surface area contributed by atoms with E-state index >= 15 is 0 Å². The Labute approximate surface area is 111 Å². The van der Waals surface area contributed by atoms with Crippen LogP contribution in [-0.2, 0) is 0 Å². The fourth-order valence-electron chi connectivity index (χ4n) is 2.15. The molecule has 0 spiro atoms. The van der Waals surface area contributed by atoms with Gasteiger partial charge in [-0.25, -0.2) is 0 Å². The summed E-state index contributed by atoms with van der Waals surface area (Å²) in [6, 6.07) is 2.04. The van der Waals surface area contributed by atoms with Crippen LogP contribution in [0.2, 0.25) is 0 Å². The number of nitrogens with zero attached hydrogens (tertiary/aromatic N) is 3. The van der Waals surface area contributed by atoms with Crippen LogP contribution in [0.3, 0.4) is 0 Å². The summed E-state index contributed by atoms with van der Waals surface area (Å²) in [6.07, 6.45) is -2.72. The number of halogens is 3. The van der Waals surface area contributed by atoms with Crippen LogP contribution in [0.1, 0.15) is 19.8 Å². The third kappa shape index (κ3) is 6.76. The summed E-state index contributed by atoms with van der Waals surface area (Å²) in [4.78, 5) is 3.55. The Morgan fingerprint density at radius 2 is 1.68 bits per heavy atom. The lowest BCUT2D eigenvalue weighted by Crippen LogP contribution is -2.49. The van der Waals surface area contributed by atoms with Gasteiger partial charge in [-0.05, 0) is 26.3 Å². The number of nitrogens with two attached hydrogens (primary N) is 1. The number of alkyl halides is 3. The summed E-state index contributed by atoms with van der Waals surface area (Å²) >= 11 is 0. The highest BCUT2D eigenvalue weighted by atomic mass is 19.4. The molecule has 0 aromatic rings. The maximum absolute atomic E-state index is 12.2. The highest BCUT2D eigenvalue weighted by Gasteiger charge is 2.32. The van der Waals surface area contributed by atoms with Gasteiger partial charge in [0.25, 0.3) is 0 Å². The zero-order chi connectivity index (χ0) is 14.5. The number of nitriles is 1. The van der Waals surface area contributed by atoms with Crippen LogP contribution in [0.5, 0.6) is 0 Å². The number of hydrogen-bond donors (Lipinski definition) is 1. The Kier molecular flexibility index (Phi) is 5.59. The Bertz CT molecular complexity index is 314. The number of rotatable bonds is 5. The monoisotopic (exact) mass is 278 g/mol. The average molecular weight is 278 g/mol. The molecule has 1 heterocycles. The normalized spacial score (nSPS) is 21.9. The standard InChI is InChI=1S/C12H21F3N4/c1-11(17,9-16)3-2-4-18-5-7-19(8-6-18)10-12(13,14)15/h2-8,10,17H2,1H3. The summed E-state index contributed by atoms with van der Waals surface area (Å²) in [5, 5.41) is 8.77. The van der Waals surface area contributed by atoms with Crippen LogP contribution < -0.4 is 5.73 Å². The Balaban J connectivity index is 2.19. The molecule has 110 valence electrons. The van der Waals surface area contributed by atoms with Gasteiger partial charge >= 0.3 is 6.18 Å². The van der Waals surface area contributed by atoms with Crippen molar-refractivity contribution in [3.05, 3.63) is 0 Å². The van der Waals surface area contributed by atoms with Gasteiger partial charge in [-0.3, -0.25) is 4.90 Å². The van der Waals surface area contributed by atoms with Crippen molar-refractivity contribution in [1.29, 1.82) is 5.26 Å². The topological polar surface area (TPSA) is 56.3 Å². The van der Waals surface area contributed by atoms with Gasteiger partial charge < -0.3 is 10.6 Å². The molecule has 1 aliphatic heterocycles. The summed E-state index contributed by atoms with van der Waals surface area (Å²) in [6.45, 7) is 3.82. The Morgan fingerprint density at radius 1 is 1.16 bits per heavy atom. The number of hydrogen-bond acceptors (Lipinski definition) is 4. The average Bonchev–Trinajstić information content (AvgIpc) is 2.29. The van der Waals surface area contributed by atoms with Crippen molar-refractivity contribution < 1.29 is 13.2 Å². The lowest BCUT2D eigenvalue weighted by molar-refractivity contribution is -0.149. The van der Waals surface area contributed by atoms with Crippen LogP contribution >= 0.6 is 0 Å². The zero-order valence-corrected chi connectivity index (χ0v) is 11.2. The first-order valence-corrected chi connectivity index (χ1v) is 6.43. The molecule has 0 aliphatic carbocycles. The number of piperazine rings is 1. The summed E-state index contributed by atoms with van der Waals surface area (Å²) in [5.41, 5.74) is 4.90. The molecule has 1 unspecified atom stereocenters. The van der Waals surface area contributed by atoms with E-state index in [1.165, 1.54) is 4.90 Å². The van der Waals surface area contributed by atoms with Gasteiger partial charge in [0, 0.05) is 26.2 Å². The minimum Gasteiger partial charge on any atom is -0.314 e. The second kappa shape index (κ2) is 6.55. The Hall–Kier alpha value is -0.840. The minimum atomic E-state index is -4.11. The molecule has 0 aromatic heterocycles. The van der Waals surface area contributed by atoms with Crippen LogP contribution in [-0.4, -0.2) is 60.8 Å². The van der Waals surface area contributed by atoms with E-state index in [0.29, 0.717) is 32.6 Å². The molecule has 0 radical (unpaired) electrons. The highest BCUT2D eigenvalue weighted by molar-refractivity contribution is 5.00. The van der Waals surface area contributed by atoms with Crippen molar-refractivity contribution in [2.75, 3.05) is 39.3 Å². The molecular formula is C12H21F3N4. The van der Waals surface area contributed by atoms with Crippen molar-refractivity contribution in [2.45, 2.75) is 31.5 Å². The van der Waals surface area contributed by atoms with Crippen molar-refractivity contribution >= 4 is 0 Å². The predicted octanol–water partition coefficient (Wildman–Crippen LogP) is 1.19. The van der Waals surface area contributed by atoms with Crippen LogP contribution in [0, 0.1) is 11.3 Å². The molecule has 0 saturated carbocycles. The molecule has 1 atom stereocenters. The first-order valence-electron chi connectivity index (χ1n) is 6.43. The van der Waals surface area contributed by atoms with Crippen molar-refractivity contribution in [2.24, 2.45) is 5.73 Å². The van der Waals surface area contributed by atoms with Gasteiger partial charge in [0.1, 0.15) is 5.54 Å². The van der Waals surface area contributed by atoms with Crippen LogP contribution in [0.15, 0.2) is 0 Å². The summed E-state index contributed by atoms with van der Waals surface area (Å²) < 4.78 is 36.6. The lowest BCUT2D eigenvalue weighted by Gasteiger charge is -2.35. The second-order valence-electron chi connectivity index (χ2n) is 5.37. The molecule has 0 amide bonds. The van der Waals surface area contributed by atoms with Gasteiger partial charge in [-0.15, -0.1) is 0 Å². The van der Waals surface area contributed by atoms with Gasteiger partial charge in [-0.1, -0.05) is 0 Å². The molecule has 1 aliphatic rings. The molecular weight excluding hydrogens is 257 g/mol. The van der Waals surface area contributed by atoms with Gasteiger partial charge in [0.2, 0.25) is 0 Å². The zero-order valence-electron chi connectivity index (χ0n) is 11.2. The van der Waals surface area contributed by atoms with Crippen molar-refractivity contribution in [3.63, 3.8) is 0 Å². The second-order valence-corrected chi connectivity index (χ2v) is 5.37. The minimum absolute atomic E-state index is 0.442. The molecule has 19 heavy (non-hydrogen) atoms. The largest absolute Gasteiger partial charge is 0.401 e. The third-order valence-corrected chi connectivity index (χ3v) is 3.29. The van der Waals surface area contributed by atoms with Crippen molar-refractivity contribution in [1.82, 2.24) is 9.80 Å². The molecule has 1 rings (SSSR count). The van der Waals surface area contributed by atoms with Gasteiger partial charge in [0.05, 0.1) is 12.6 Å². The van der Waals surface area contributed by atoms with E-state index in [2.05, 4.69) is 4.90 Å². The van der Waals surface area contributed by atoms with E-state index < -0.39 is 18.3 Å². The fourth-order valence-corrected chi connectivity index (χ4v) is 2.15. The van der Waals surface area contributed by atoms with Crippen LogP contribution in [0.25, 0.3) is 0 Å². The van der Waals surface area contributed by atoms with E-state index in [1.807, 2.05) is 6.07 Å². The third-order valence-electron chi connectivity index (χ3n) is 3.29. The van der Waals surface area contributed by atoms with Crippen molar-refractivity contribution in [3.8, 4) is 6.07 Å². The molecule has 2 N–H and O–H groups in total. The molecule has 1 saturated heterocycles. The van der Waals surface area contributed by atoms with Gasteiger partial charge in [-0.2, -0.15) is 18.4 Å².